The van der Waals surface area contributed by atoms with Crippen LogP contribution < -0.4 is 10.6 Å². The van der Waals surface area contributed by atoms with E-state index in [0.717, 1.165) is 10.7 Å². The highest BCUT2D eigenvalue weighted by Gasteiger charge is 2.06. The molecule has 2 aromatic heterocycles. The monoisotopic (exact) mass is 228 g/mol. The third-order valence-corrected chi connectivity index (χ3v) is 3.37. The molecule has 0 spiro atoms. The summed E-state index contributed by atoms with van der Waals surface area (Å²) in [6.45, 7) is 2.35. The molecule has 2 N–H and O–H groups in total. The Bertz CT molecular complexity index is 498. The van der Waals surface area contributed by atoms with Gasteiger partial charge >= 0.3 is 4.87 Å². The summed E-state index contributed by atoms with van der Waals surface area (Å²) in [5.41, 5.74) is 6.38. The van der Waals surface area contributed by atoms with Gasteiger partial charge in [-0.15, -0.1) is 10.2 Å². The Morgan fingerprint density at radius 1 is 1.57 bits per heavy atom. The first kappa shape index (κ1) is 9.35. The van der Waals surface area contributed by atoms with E-state index in [2.05, 4.69) is 10.2 Å². The van der Waals surface area contributed by atoms with Crippen LogP contribution in [0.25, 0.3) is 0 Å². The van der Waals surface area contributed by atoms with Crippen LogP contribution in [0.2, 0.25) is 0 Å². The van der Waals surface area contributed by atoms with Crippen LogP contribution in [-0.4, -0.2) is 14.8 Å². The summed E-state index contributed by atoms with van der Waals surface area (Å²) in [5.74, 6) is 0. The van der Waals surface area contributed by atoms with Gasteiger partial charge in [-0.2, -0.15) is 0 Å². The number of nitrogens with zero attached hydrogens (tertiary/aromatic N) is 3. The first-order valence-electron chi connectivity index (χ1n) is 3.89. The molecule has 0 saturated carbocycles. The second-order valence-electron chi connectivity index (χ2n) is 2.76. The van der Waals surface area contributed by atoms with Crippen molar-refractivity contribution in [1.82, 2.24) is 14.8 Å². The lowest BCUT2D eigenvalue weighted by Crippen LogP contribution is -2.15. The molecule has 0 aliphatic carbocycles. The number of aryl methyl sites for hydroxylation is 1. The van der Waals surface area contributed by atoms with Crippen molar-refractivity contribution in [2.24, 2.45) is 0 Å². The molecule has 14 heavy (non-hydrogen) atoms. The summed E-state index contributed by atoms with van der Waals surface area (Å²) in [5, 5.41) is 10.6. The van der Waals surface area contributed by atoms with Crippen LogP contribution in [0.15, 0.2) is 10.2 Å². The number of hydrogen-bond acceptors (Lipinski definition) is 6. The highest BCUT2D eigenvalue weighted by Crippen LogP contribution is 2.12. The highest BCUT2D eigenvalue weighted by atomic mass is 32.1. The van der Waals surface area contributed by atoms with Gasteiger partial charge < -0.3 is 5.73 Å². The van der Waals surface area contributed by atoms with E-state index < -0.39 is 0 Å². The molecule has 0 bridgehead atoms. The van der Waals surface area contributed by atoms with Gasteiger partial charge in [-0.1, -0.05) is 22.7 Å². The fraction of sp³-hybridized carbons (Fsp3) is 0.286. The van der Waals surface area contributed by atoms with Crippen LogP contribution in [0.4, 0.5) is 5.13 Å². The van der Waals surface area contributed by atoms with E-state index in [-0.39, 0.29) is 4.87 Å². The van der Waals surface area contributed by atoms with Gasteiger partial charge in [0.2, 0.25) is 5.13 Å². The van der Waals surface area contributed by atoms with Crippen LogP contribution in [-0.2, 0) is 6.54 Å². The molecule has 0 aliphatic rings. The molecule has 2 aromatic rings. The molecule has 2 heterocycles. The third kappa shape index (κ3) is 1.68. The normalized spacial score (nSPS) is 10.6. The molecule has 0 aromatic carbocycles. The third-order valence-electron chi connectivity index (χ3n) is 1.75. The molecule has 0 aliphatic heterocycles. The van der Waals surface area contributed by atoms with Crippen molar-refractivity contribution >= 4 is 27.8 Å². The zero-order chi connectivity index (χ0) is 10.1. The summed E-state index contributed by atoms with van der Waals surface area (Å²) in [7, 11) is 0. The fourth-order valence-corrected chi connectivity index (χ4v) is 2.39. The first-order chi connectivity index (χ1) is 6.66. The molecular formula is C7H8N4OS2. The minimum absolute atomic E-state index is 0.0243. The number of thiazole rings is 1. The predicted molar refractivity (Wildman–Crippen MR) is 56.7 cm³/mol. The Kier molecular flexibility index (Phi) is 2.34. The molecule has 0 saturated heterocycles. The maximum absolute atomic E-state index is 11.4. The molecule has 0 amide bonds. The number of nitrogen functional groups attached to an aromatic ring is 1. The molecule has 0 radical (unpaired) electrons. The van der Waals surface area contributed by atoms with Gasteiger partial charge in [0.25, 0.3) is 0 Å². The Hall–Kier alpha value is -1.21. The second kappa shape index (κ2) is 3.50. The SMILES string of the molecule is Cc1csc(=O)n1Cc1nnc(N)s1. The van der Waals surface area contributed by atoms with Crippen LogP contribution in [0.3, 0.4) is 0 Å². The maximum atomic E-state index is 11.4. The lowest BCUT2D eigenvalue weighted by Gasteiger charge is -1.98. The molecule has 2 rings (SSSR count). The molecule has 74 valence electrons. The summed E-state index contributed by atoms with van der Waals surface area (Å²) >= 11 is 2.49. The average molecular weight is 228 g/mol. The Morgan fingerprint density at radius 3 is 2.86 bits per heavy atom. The van der Waals surface area contributed by atoms with E-state index in [1.807, 2.05) is 12.3 Å². The van der Waals surface area contributed by atoms with Crippen molar-refractivity contribution in [3.05, 3.63) is 25.7 Å². The standard InChI is InChI=1S/C7H8N4OS2/c1-4-3-13-7(12)11(4)2-5-9-10-6(8)14-5/h3H,2H2,1H3,(H2,8,10). The average Bonchev–Trinajstić information content (AvgIpc) is 2.67. The molecule has 0 unspecified atom stereocenters. The van der Waals surface area contributed by atoms with E-state index in [1.54, 1.807) is 4.57 Å². The van der Waals surface area contributed by atoms with E-state index in [9.17, 15) is 4.79 Å². The molecule has 7 heteroatoms. The van der Waals surface area contributed by atoms with Crippen molar-refractivity contribution < 1.29 is 0 Å². The quantitative estimate of drug-likeness (QED) is 0.821. The fourth-order valence-electron chi connectivity index (χ4n) is 1.06. The summed E-state index contributed by atoms with van der Waals surface area (Å²) in [6, 6.07) is 0. The maximum Gasteiger partial charge on any atom is 0.307 e. The van der Waals surface area contributed by atoms with E-state index in [1.165, 1.54) is 22.7 Å². The number of rotatable bonds is 2. The van der Waals surface area contributed by atoms with E-state index >= 15 is 0 Å². The Labute approximate surface area is 87.8 Å². The van der Waals surface area contributed by atoms with Crippen LogP contribution >= 0.6 is 22.7 Å². The minimum Gasteiger partial charge on any atom is -0.374 e. The zero-order valence-electron chi connectivity index (χ0n) is 7.43. The number of anilines is 1. The lowest BCUT2D eigenvalue weighted by atomic mass is 10.5. The highest BCUT2D eigenvalue weighted by molar-refractivity contribution is 7.15. The Morgan fingerprint density at radius 2 is 2.36 bits per heavy atom. The van der Waals surface area contributed by atoms with Crippen LogP contribution in [0.5, 0.6) is 0 Å². The van der Waals surface area contributed by atoms with Gasteiger partial charge in [0.1, 0.15) is 5.01 Å². The number of hydrogen-bond donors (Lipinski definition) is 1. The van der Waals surface area contributed by atoms with Crippen molar-refractivity contribution in [2.75, 3.05) is 5.73 Å². The summed E-state index contributed by atoms with van der Waals surface area (Å²) in [6.07, 6.45) is 0. The van der Waals surface area contributed by atoms with Gasteiger partial charge in [-0.05, 0) is 6.92 Å². The van der Waals surface area contributed by atoms with Crippen molar-refractivity contribution in [2.45, 2.75) is 13.5 Å². The van der Waals surface area contributed by atoms with Crippen molar-refractivity contribution in [3.63, 3.8) is 0 Å². The largest absolute Gasteiger partial charge is 0.374 e. The van der Waals surface area contributed by atoms with E-state index in [0.29, 0.717) is 11.7 Å². The summed E-state index contributed by atoms with van der Waals surface area (Å²) < 4.78 is 1.66. The Balaban J connectivity index is 2.31. The first-order valence-corrected chi connectivity index (χ1v) is 5.59. The van der Waals surface area contributed by atoms with Crippen molar-refractivity contribution in [1.29, 1.82) is 0 Å². The minimum atomic E-state index is 0.0243. The lowest BCUT2D eigenvalue weighted by molar-refractivity contribution is 0.740. The molecule has 0 atom stereocenters. The van der Waals surface area contributed by atoms with Crippen LogP contribution in [0, 0.1) is 6.92 Å². The topological polar surface area (TPSA) is 73.8 Å². The number of nitrogens with two attached hydrogens (primary N) is 1. The van der Waals surface area contributed by atoms with E-state index in [4.69, 9.17) is 5.73 Å². The van der Waals surface area contributed by atoms with Gasteiger partial charge in [0, 0.05) is 11.1 Å². The molecular weight excluding hydrogens is 220 g/mol. The van der Waals surface area contributed by atoms with Gasteiger partial charge in [-0.3, -0.25) is 9.36 Å². The van der Waals surface area contributed by atoms with Crippen LogP contribution in [0.1, 0.15) is 10.7 Å². The molecule has 5 nitrogen and oxygen atoms in total. The zero-order valence-corrected chi connectivity index (χ0v) is 9.06. The summed E-state index contributed by atoms with van der Waals surface area (Å²) in [4.78, 5) is 11.4. The van der Waals surface area contributed by atoms with Crippen molar-refractivity contribution in [3.8, 4) is 0 Å². The van der Waals surface area contributed by atoms with Gasteiger partial charge in [-0.25, -0.2) is 0 Å². The van der Waals surface area contributed by atoms with Gasteiger partial charge in [0.15, 0.2) is 0 Å². The number of aromatic nitrogens is 3. The smallest absolute Gasteiger partial charge is 0.307 e. The van der Waals surface area contributed by atoms with Gasteiger partial charge in [0.05, 0.1) is 6.54 Å². The predicted octanol–water partition coefficient (Wildman–Crippen LogP) is 0.700. The molecule has 0 fully saturated rings. The second-order valence-corrected chi connectivity index (χ2v) is 4.68.